The van der Waals surface area contributed by atoms with Gasteiger partial charge >= 0.3 is 5.97 Å². The van der Waals surface area contributed by atoms with Gasteiger partial charge in [0, 0.05) is 10.4 Å². The number of carbonyl (C=O) groups is 2. The van der Waals surface area contributed by atoms with Crippen molar-refractivity contribution < 1.29 is 14.3 Å². The minimum Gasteiger partial charge on any atom is -0.449 e. The van der Waals surface area contributed by atoms with Crippen LogP contribution < -0.4 is 5.32 Å². The third-order valence-corrected chi connectivity index (χ3v) is 7.15. The SMILES string of the molecule is CSc1ccc(C(=O)O[C@@H](C)C(=O)NC23CC4CC(CC(C4)C2)C3)cc1. The molecule has 0 radical (unpaired) electrons. The molecular formula is C21H27NO3S. The molecule has 0 aliphatic heterocycles. The first-order valence-electron chi connectivity index (χ1n) is 9.63. The molecule has 0 heterocycles. The Balaban J connectivity index is 1.36. The summed E-state index contributed by atoms with van der Waals surface area (Å²) in [6, 6.07) is 7.28. The number of hydrogen-bond donors (Lipinski definition) is 1. The third kappa shape index (κ3) is 3.51. The topological polar surface area (TPSA) is 55.4 Å². The molecule has 4 aliphatic rings. The van der Waals surface area contributed by atoms with Crippen molar-refractivity contribution in [1.82, 2.24) is 5.32 Å². The van der Waals surface area contributed by atoms with E-state index in [1.807, 2.05) is 18.4 Å². The molecule has 1 amide bonds. The molecular weight excluding hydrogens is 346 g/mol. The zero-order valence-corrected chi connectivity index (χ0v) is 16.3. The Kier molecular flexibility index (Phi) is 4.76. The van der Waals surface area contributed by atoms with Crippen molar-refractivity contribution in [2.75, 3.05) is 6.26 Å². The molecule has 0 spiro atoms. The maximum absolute atomic E-state index is 12.7. The third-order valence-electron chi connectivity index (χ3n) is 6.41. The number of nitrogens with one attached hydrogen (secondary N) is 1. The van der Waals surface area contributed by atoms with Crippen LogP contribution in [0.3, 0.4) is 0 Å². The highest BCUT2D eigenvalue weighted by Crippen LogP contribution is 2.55. The van der Waals surface area contributed by atoms with Gasteiger partial charge in [0.15, 0.2) is 6.10 Å². The zero-order valence-electron chi connectivity index (χ0n) is 15.5. The Hall–Kier alpha value is -1.49. The van der Waals surface area contributed by atoms with Gasteiger partial charge in [0.2, 0.25) is 0 Å². The lowest BCUT2D eigenvalue weighted by Gasteiger charge is -2.57. The number of esters is 1. The number of ether oxygens (including phenoxy) is 1. The van der Waals surface area contributed by atoms with Gasteiger partial charge in [-0.2, -0.15) is 0 Å². The summed E-state index contributed by atoms with van der Waals surface area (Å²) in [7, 11) is 0. The van der Waals surface area contributed by atoms with E-state index in [4.69, 9.17) is 4.74 Å². The summed E-state index contributed by atoms with van der Waals surface area (Å²) in [6.07, 6.45) is 8.54. The lowest BCUT2D eigenvalue weighted by atomic mass is 9.53. The number of amides is 1. The fourth-order valence-corrected chi connectivity index (χ4v) is 6.04. The van der Waals surface area contributed by atoms with E-state index >= 15 is 0 Å². The first-order valence-corrected chi connectivity index (χ1v) is 10.9. The molecule has 5 heteroatoms. The van der Waals surface area contributed by atoms with Gasteiger partial charge in [0.1, 0.15) is 0 Å². The molecule has 1 N–H and O–H groups in total. The second-order valence-electron chi connectivity index (χ2n) is 8.46. The van der Waals surface area contributed by atoms with Gasteiger partial charge in [0.05, 0.1) is 5.56 Å². The van der Waals surface area contributed by atoms with E-state index in [-0.39, 0.29) is 11.4 Å². The van der Waals surface area contributed by atoms with Crippen LogP contribution in [-0.2, 0) is 9.53 Å². The molecule has 4 aliphatic carbocycles. The molecule has 4 nitrogen and oxygen atoms in total. The molecule has 4 bridgehead atoms. The fourth-order valence-electron chi connectivity index (χ4n) is 5.64. The predicted molar refractivity (Wildman–Crippen MR) is 102 cm³/mol. The van der Waals surface area contributed by atoms with Crippen molar-refractivity contribution in [3.8, 4) is 0 Å². The molecule has 0 saturated heterocycles. The number of rotatable bonds is 5. The average molecular weight is 374 g/mol. The molecule has 5 rings (SSSR count). The van der Waals surface area contributed by atoms with Crippen LogP contribution in [0.4, 0.5) is 0 Å². The molecule has 4 saturated carbocycles. The van der Waals surface area contributed by atoms with Crippen LogP contribution >= 0.6 is 11.8 Å². The van der Waals surface area contributed by atoms with E-state index in [9.17, 15) is 9.59 Å². The highest BCUT2D eigenvalue weighted by atomic mass is 32.2. The lowest BCUT2D eigenvalue weighted by molar-refractivity contribution is -0.134. The highest BCUT2D eigenvalue weighted by molar-refractivity contribution is 7.98. The quantitative estimate of drug-likeness (QED) is 0.625. The Bertz CT molecular complexity index is 664. The Labute approximate surface area is 159 Å². The number of hydrogen-bond acceptors (Lipinski definition) is 4. The molecule has 26 heavy (non-hydrogen) atoms. The van der Waals surface area contributed by atoms with E-state index in [2.05, 4.69) is 5.32 Å². The van der Waals surface area contributed by atoms with Crippen LogP contribution in [0.1, 0.15) is 55.8 Å². The molecule has 0 unspecified atom stereocenters. The van der Waals surface area contributed by atoms with E-state index in [0.717, 1.165) is 41.9 Å². The Morgan fingerprint density at radius 3 is 2.12 bits per heavy atom. The number of carbonyl (C=O) groups excluding carboxylic acids is 2. The monoisotopic (exact) mass is 373 g/mol. The minimum atomic E-state index is -0.768. The van der Waals surface area contributed by atoms with Crippen LogP contribution in [0.5, 0.6) is 0 Å². The molecule has 1 atom stereocenters. The van der Waals surface area contributed by atoms with E-state index in [0.29, 0.717) is 5.56 Å². The molecule has 1 aromatic carbocycles. The first kappa shape index (κ1) is 17.9. The van der Waals surface area contributed by atoms with Crippen molar-refractivity contribution in [3.63, 3.8) is 0 Å². The van der Waals surface area contributed by atoms with Crippen molar-refractivity contribution in [2.45, 2.75) is 62.0 Å². The van der Waals surface area contributed by atoms with Crippen LogP contribution in [0, 0.1) is 17.8 Å². The summed E-state index contributed by atoms with van der Waals surface area (Å²) >= 11 is 1.62. The summed E-state index contributed by atoms with van der Waals surface area (Å²) in [5, 5.41) is 3.28. The van der Waals surface area contributed by atoms with Gasteiger partial charge in [-0.25, -0.2) is 4.79 Å². The van der Waals surface area contributed by atoms with Gasteiger partial charge in [-0.15, -0.1) is 11.8 Å². The average Bonchev–Trinajstić information content (AvgIpc) is 2.60. The van der Waals surface area contributed by atoms with Gasteiger partial charge in [-0.05, 0) is 93.7 Å². The zero-order chi connectivity index (χ0) is 18.3. The molecule has 140 valence electrons. The van der Waals surface area contributed by atoms with Crippen molar-refractivity contribution in [2.24, 2.45) is 17.8 Å². The highest BCUT2D eigenvalue weighted by Gasteiger charge is 2.51. The smallest absolute Gasteiger partial charge is 0.338 e. The first-order chi connectivity index (χ1) is 12.5. The van der Waals surface area contributed by atoms with E-state index < -0.39 is 12.1 Å². The summed E-state index contributed by atoms with van der Waals surface area (Å²) in [6.45, 7) is 1.67. The summed E-state index contributed by atoms with van der Waals surface area (Å²) in [5.41, 5.74) is 0.434. The van der Waals surface area contributed by atoms with Crippen molar-refractivity contribution in [1.29, 1.82) is 0 Å². The summed E-state index contributed by atoms with van der Waals surface area (Å²) in [4.78, 5) is 26.1. The van der Waals surface area contributed by atoms with Gasteiger partial charge < -0.3 is 10.1 Å². The van der Waals surface area contributed by atoms with Gasteiger partial charge in [-0.3, -0.25) is 4.79 Å². The summed E-state index contributed by atoms with van der Waals surface area (Å²) < 4.78 is 5.43. The largest absolute Gasteiger partial charge is 0.449 e. The van der Waals surface area contributed by atoms with Crippen molar-refractivity contribution >= 4 is 23.6 Å². The van der Waals surface area contributed by atoms with E-state index in [1.165, 1.54) is 19.3 Å². The number of thioether (sulfide) groups is 1. The van der Waals surface area contributed by atoms with Gasteiger partial charge in [0.25, 0.3) is 5.91 Å². The fraction of sp³-hybridized carbons (Fsp3) is 0.619. The second kappa shape index (κ2) is 6.91. The van der Waals surface area contributed by atoms with E-state index in [1.54, 1.807) is 30.8 Å². The van der Waals surface area contributed by atoms with Gasteiger partial charge in [-0.1, -0.05) is 0 Å². The van der Waals surface area contributed by atoms with Crippen LogP contribution in [0.15, 0.2) is 29.2 Å². The second-order valence-corrected chi connectivity index (χ2v) is 9.34. The predicted octanol–water partition coefficient (Wildman–Crippen LogP) is 4.04. The summed E-state index contributed by atoms with van der Waals surface area (Å²) in [5.74, 6) is 1.73. The van der Waals surface area contributed by atoms with Crippen LogP contribution in [0.25, 0.3) is 0 Å². The van der Waals surface area contributed by atoms with Crippen LogP contribution in [0.2, 0.25) is 0 Å². The maximum Gasteiger partial charge on any atom is 0.338 e. The van der Waals surface area contributed by atoms with Crippen molar-refractivity contribution in [3.05, 3.63) is 29.8 Å². The lowest BCUT2D eigenvalue weighted by Crippen LogP contribution is -2.61. The molecule has 4 fully saturated rings. The molecule has 1 aromatic rings. The Morgan fingerprint density at radius 1 is 1.08 bits per heavy atom. The maximum atomic E-state index is 12.7. The molecule has 0 aromatic heterocycles. The Morgan fingerprint density at radius 2 is 1.62 bits per heavy atom. The standard InChI is InChI=1S/C21H27NO3S/c1-13(25-20(24)17-3-5-18(26-2)6-4-17)19(23)22-21-10-14-7-15(11-21)9-16(8-14)12-21/h3-6,13-16H,7-12H2,1-2H3,(H,22,23)/t13-,14?,15?,16?,21?/m0/s1. The normalized spacial score (nSPS) is 32.9. The van der Waals surface area contributed by atoms with Crippen LogP contribution in [-0.4, -0.2) is 29.8 Å². The number of benzene rings is 1. The minimum absolute atomic E-state index is 0.0491.